The molecule has 0 spiro atoms. The summed E-state index contributed by atoms with van der Waals surface area (Å²) in [6, 6.07) is 4.01. The fraction of sp³-hybridized carbons (Fsp3) is 0.455. The Morgan fingerprint density at radius 2 is 2.00 bits per heavy atom. The maximum absolute atomic E-state index is 14.7. The van der Waals surface area contributed by atoms with Gasteiger partial charge in [-0.2, -0.15) is 5.10 Å². The van der Waals surface area contributed by atoms with E-state index in [9.17, 15) is 23.2 Å². The highest BCUT2D eigenvalue weighted by atomic mass is 19.1. The molecule has 2 heterocycles. The fourth-order valence-corrected chi connectivity index (χ4v) is 3.59. The molecule has 1 aliphatic rings. The van der Waals surface area contributed by atoms with Gasteiger partial charge in [-0.15, -0.1) is 0 Å². The average Bonchev–Trinajstić information content (AvgIpc) is 3.13. The van der Waals surface area contributed by atoms with Crippen molar-refractivity contribution >= 4 is 23.5 Å². The lowest BCUT2D eigenvalue weighted by Gasteiger charge is -2.43. The zero-order chi connectivity index (χ0) is 23.6. The Labute approximate surface area is 184 Å². The van der Waals surface area contributed by atoms with Crippen molar-refractivity contribution in [1.29, 1.82) is 0 Å². The van der Waals surface area contributed by atoms with E-state index < -0.39 is 35.0 Å². The zero-order valence-electron chi connectivity index (χ0n) is 18.4. The van der Waals surface area contributed by atoms with Gasteiger partial charge in [0.1, 0.15) is 22.9 Å². The van der Waals surface area contributed by atoms with E-state index in [1.54, 1.807) is 6.92 Å². The molecule has 32 heavy (non-hydrogen) atoms. The highest BCUT2D eigenvalue weighted by molar-refractivity contribution is 6.12. The molecule has 8 nitrogen and oxygen atoms in total. The second-order valence-electron chi connectivity index (χ2n) is 8.24. The van der Waals surface area contributed by atoms with E-state index in [1.807, 2.05) is 13.8 Å². The van der Waals surface area contributed by atoms with Crippen molar-refractivity contribution < 1.29 is 27.9 Å². The molecule has 0 bridgehead atoms. The first-order valence-electron chi connectivity index (χ1n) is 10.4. The lowest BCUT2D eigenvalue weighted by Crippen LogP contribution is -2.64. The van der Waals surface area contributed by atoms with E-state index in [0.717, 1.165) is 17.0 Å². The lowest BCUT2D eigenvalue weighted by atomic mass is 9.93. The van der Waals surface area contributed by atoms with Gasteiger partial charge in [0, 0.05) is 18.7 Å². The summed E-state index contributed by atoms with van der Waals surface area (Å²) in [6.07, 6.45) is 0.709. The van der Waals surface area contributed by atoms with Crippen LogP contribution >= 0.6 is 0 Å². The first kappa shape index (κ1) is 23.4. The Bertz CT molecular complexity index is 1050. The SMILES string of the molecule is CCOC(=O)c1cc2n(n1)C[C@@](C)(C(=O)NCCC(C)C)N(c1ccc(F)cc1F)C2=O. The van der Waals surface area contributed by atoms with E-state index in [2.05, 4.69) is 10.4 Å². The molecule has 0 saturated carbocycles. The molecule has 0 radical (unpaired) electrons. The number of esters is 1. The van der Waals surface area contributed by atoms with Gasteiger partial charge in [-0.25, -0.2) is 13.6 Å². The largest absolute Gasteiger partial charge is 0.461 e. The van der Waals surface area contributed by atoms with Crippen LogP contribution in [0.2, 0.25) is 0 Å². The second kappa shape index (κ2) is 9.05. The number of anilines is 1. The van der Waals surface area contributed by atoms with Crippen LogP contribution in [0.25, 0.3) is 0 Å². The van der Waals surface area contributed by atoms with E-state index in [4.69, 9.17) is 4.74 Å². The van der Waals surface area contributed by atoms with Gasteiger partial charge in [0.25, 0.3) is 5.91 Å². The molecule has 172 valence electrons. The summed E-state index contributed by atoms with van der Waals surface area (Å²) in [5.41, 5.74) is -1.94. The van der Waals surface area contributed by atoms with Crippen LogP contribution in [0.4, 0.5) is 14.5 Å². The van der Waals surface area contributed by atoms with Crippen molar-refractivity contribution in [2.75, 3.05) is 18.1 Å². The molecule has 1 aromatic heterocycles. The predicted octanol–water partition coefficient (Wildman–Crippen LogP) is 2.92. The molecule has 2 aromatic rings. The predicted molar refractivity (Wildman–Crippen MR) is 112 cm³/mol. The van der Waals surface area contributed by atoms with Crippen LogP contribution in [0.15, 0.2) is 24.3 Å². The molecular formula is C22H26F2N4O4. The molecule has 1 N–H and O–H groups in total. The smallest absolute Gasteiger partial charge is 0.358 e. The number of nitrogens with zero attached hydrogens (tertiary/aromatic N) is 3. The number of amides is 2. The maximum Gasteiger partial charge on any atom is 0.358 e. The molecule has 1 aliphatic heterocycles. The molecule has 1 aromatic carbocycles. The van der Waals surface area contributed by atoms with Crippen molar-refractivity contribution in [3.63, 3.8) is 0 Å². The van der Waals surface area contributed by atoms with Crippen LogP contribution in [0.5, 0.6) is 0 Å². The Balaban J connectivity index is 2.07. The van der Waals surface area contributed by atoms with Crippen LogP contribution in [-0.4, -0.2) is 46.3 Å². The normalized spacial score (nSPS) is 18.0. The van der Waals surface area contributed by atoms with E-state index >= 15 is 0 Å². The van der Waals surface area contributed by atoms with Crippen molar-refractivity contribution in [2.24, 2.45) is 5.92 Å². The summed E-state index contributed by atoms with van der Waals surface area (Å²) < 4.78 is 34.4. The number of fused-ring (bicyclic) bond motifs is 1. The van der Waals surface area contributed by atoms with Crippen LogP contribution in [-0.2, 0) is 16.1 Å². The van der Waals surface area contributed by atoms with Crippen molar-refractivity contribution in [2.45, 2.75) is 46.2 Å². The number of aromatic nitrogens is 2. The van der Waals surface area contributed by atoms with Gasteiger partial charge in [0.15, 0.2) is 5.69 Å². The molecule has 3 rings (SSSR count). The minimum atomic E-state index is -1.59. The third kappa shape index (κ3) is 4.35. The zero-order valence-corrected chi connectivity index (χ0v) is 18.4. The molecule has 0 fully saturated rings. The molecule has 0 aliphatic carbocycles. The van der Waals surface area contributed by atoms with Gasteiger partial charge < -0.3 is 10.1 Å². The number of nitrogens with one attached hydrogen (secondary N) is 1. The van der Waals surface area contributed by atoms with E-state index in [-0.39, 0.29) is 30.2 Å². The van der Waals surface area contributed by atoms with Gasteiger partial charge in [0.05, 0.1) is 18.8 Å². The Morgan fingerprint density at radius 1 is 1.28 bits per heavy atom. The van der Waals surface area contributed by atoms with Gasteiger partial charge in [-0.05, 0) is 38.3 Å². The molecule has 0 unspecified atom stereocenters. The number of hydrogen-bond donors (Lipinski definition) is 1. The Kier molecular flexibility index (Phi) is 6.61. The lowest BCUT2D eigenvalue weighted by molar-refractivity contribution is -0.126. The summed E-state index contributed by atoms with van der Waals surface area (Å²) in [5, 5.41) is 6.93. The highest BCUT2D eigenvalue weighted by Crippen LogP contribution is 2.34. The monoisotopic (exact) mass is 448 g/mol. The number of halogens is 2. The molecule has 10 heteroatoms. The minimum Gasteiger partial charge on any atom is -0.461 e. The van der Waals surface area contributed by atoms with Crippen molar-refractivity contribution in [3.05, 3.63) is 47.3 Å². The van der Waals surface area contributed by atoms with Gasteiger partial charge in [0.2, 0.25) is 5.91 Å². The Morgan fingerprint density at radius 3 is 2.62 bits per heavy atom. The van der Waals surface area contributed by atoms with Crippen LogP contribution in [0.3, 0.4) is 0 Å². The summed E-state index contributed by atoms with van der Waals surface area (Å²) >= 11 is 0. The number of ether oxygens (including phenoxy) is 1. The summed E-state index contributed by atoms with van der Waals surface area (Å²) in [6.45, 7) is 7.47. The van der Waals surface area contributed by atoms with Gasteiger partial charge in [-0.3, -0.25) is 19.2 Å². The van der Waals surface area contributed by atoms with E-state index in [0.29, 0.717) is 24.9 Å². The number of hydrogen-bond acceptors (Lipinski definition) is 5. The minimum absolute atomic E-state index is 0.00997. The Hall–Kier alpha value is -3.30. The maximum atomic E-state index is 14.7. The topological polar surface area (TPSA) is 93.5 Å². The second-order valence-corrected chi connectivity index (χ2v) is 8.24. The third-order valence-electron chi connectivity index (χ3n) is 5.28. The highest BCUT2D eigenvalue weighted by Gasteiger charge is 2.49. The summed E-state index contributed by atoms with van der Waals surface area (Å²) in [4.78, 5) is 39.8. The van der Waals surface area contributed by atoms with Crippen LogP contribution in [0.1, 0.15) is 55.1 Å². The standard InChI is InChI=1S/C22H26F2N4O4/c1-5-32-20(30)16-11-18-19(29)28(17-7-6-14(23)10-15(17)24)22(4,12-27(18)26-16)21(31)25-9-8-13(2)3/h6-7,10-11,13H,5,8-9,12H2,1-4H3,(H,25,31)/t22-/m0/s1. The molecular weight excluding hydrogens is 422 g/mol. The fourth-order valence-electron chi connectivity index (χ4n) is 3.59. The van der Waals surface area contributed by atoms with Crippen molar-refractivity contribution in [3.8, 4) is 0 Å². The first-order valence-corrected chi connectivity index (χ1v) is 10.4. The molecule has 0 saturated heterocycles. The van der Waals surface area contributed by atoms with Gasteiger partial charge in [-0.1, -0.05) is 13.8 Å². The number of rotatable bonds is 7. The quantitative estimate of drug-likeness (QED) is 0.658. The third-order valence-corrected chi connectivity index (χ3v) is 5.28. The summed E-state index contributed by atoms with van der Waals surface area (Å²) in [7, 11) is 0. The van der Waals surface area contributed by atoms with Crippen molar-refractivity contribution in [1.82, 2.24) is 15.1 Å². The van der Waals surface area contributed by atoms with Crippen LogP contribution in [0, 0.1) is 17.6 Å². The molecule has 1 atom stereocenters. The molecule has 2 amide bonds. The number of carbonyl (C=O) groups is 3. The summed E-state index contributed by atoms with van der Waals surface area (Å²) in [5.74, 6) is -3.44. The van der Waals surface area contributed by atoms with Gasteiger partial charge >= 0.3 is 5.97 Å². The number of benzene rings is 1. The van der Waals surface area contributed by atoms with E-state index in [1.165, 1.54) is 17.7 Å². The van der Waals surface area contributed by atoms with Crippen LogP contribution < -0.4 is 10.2 Å². The number of carbonyl (C=O) groups excluding carboxylic acids is 3. The first-order chi connectivity index (χ1) is 15.1. The average molecular weight is 448 g/mol.